The zero-order valence-corrected chi connectivity index (χ0v) is 21.2. The third-order valence-corrected chi connectivity index (χ3v) is 6.35. The third-order valence-electron chi connectivity index (χ3n) is 6.35. The molecule has 39 heavy (non-hydrogen) atoms. The van der Waals surface area contributed by atoms with Crippen LogP contribution in [0.3, 0.4) is 0 Å². The average Bonchev–Trinajstić information content (AvgIpc) is 3.07. The minimum atomic E-state index is -0.705. The van der Waals surface area contributed by atoms with E-state index in [0.717, 1.165) is 16.8 Å². The van der Waals surface area contributed by atoms with E-state index in [0.29, 0.717) is 30.0 Å². The number of hydrogen-bond acceptors (Lipinski definition) is 4. The summed E-state index contributed by atoms with van der Waals surface area (Å²) in [6.45, 7) is 0.261. The van der Waals surface area contributed by atoms with Crippen molar-refractivity contribution in [2.24, 2.45) is 0 Å². The normalized spacial score (nSPS) is 14.5. The number of benzene rings is 4. The number of para-hydroxylation sites is 3. The highest BCUT2D eigenvalue weighted by Crippen LogP contribution is 2.29. The van der Waals surface area contributed by atoms with Gasteiger partial charge >= 0.3 is 12.1 Å². The number of carbonyl (C=O) groups excluding carboxylic acids is 3. The number of nitrogens with zero attached hydrogens (tertiary/aromatic N) is 1. The van der Waals surface area contributed by atoms with E-state index < -0.39 is 18.2 Å². The van der Waals surface area contributed by atoms with Gasteiger partial charge in [-0.15, -0.1) is 0 Å². The molecule has 3 N–H and O–H groups in total. The van der Waals surface area contributed by atoms with E-state index in [4.69, 9.17) is 4.74 Å². The molecule has 196 valence electrons. The fourth-order valence-electron chi connectivity index (χ4n) is 4.53. The first-order chi connectivity index (χ1) is 19.0. The maximum absolute atomic E-state index is 13.8. The molecule has 1 atom stereocenters. The van der Waals surface area contributed by atoms with Crippen LogP contribution in [-0.2, 0) is 17.8 Å². The van der Waals surface area contributed by atoms with Gasteiger partial charge < -0.3 is 20.3 Å². The lowest BCUT2D eigenvalue weighted by atomic mass is 10.1. The number of anilines is 3. The Balaban J connectivity index is 1.31. The lowest BCUT2D eigenvalue weighted by molar-refractivity contribution is -0.120. The van der Waals surface area contributed by atoms with Crippen molar-refractivity contribution < 1.29 is 19.1 Å². The summed E-state index contributed by atoms with van der Waals surface area (Å²) in [7, 11) is 0. The van der Waals surface area contributed by atoms with Crippen LogP contribution in [0.25, 0.3) is 0 Å². The van der Waals surface area contributed by atoms with Crippen LogP contribution < -0.4 is 25.6 Å². The van der Waals surface area contributed by atoms with Crippen LogP contribution in [0, 0.1) is 0 Å². The molecule has 4 aromatic rings. The van der Waals surface area contributed by atoms with Crippen molar-refractivity contribution in [3.05, 3.63) is 120 Å². The zero-order valence-electron chi connectivity index (χ0n) is 21.2. The molecule has 0 aromatic heterocycles. The first kappa shape index (κ1) is 25.5. The Hall–Kier alpha value is -5.11. The summed E-state index contributed by atoms with van der Waals surface area (Å²) in [5.41, 5.74) is 3.83. The standard InChI is InChI=1S/C31H28N4O4/c36-29-27(34-30(37)32-24-12-3-1-4-13-24)19-18-23-11-7-8-17-28(23)35(29)21-22-10-9-14-25(20-22)33-31(38)39-26-15-5-2-6-16-26/h1-17,20,27H,18-19,21H2,(H,33,38)(H2,32,34,37). The van der Waals surface area contributed by atoms with E-state index in [1.54, 1.807) is 53.4 Å². The smallest absolute Gasteiger partial charge is 0.410 e. The number of amides is 4. The van der Waals surface area contributed by atoms with E-state index in [9.17, 15) is 14.4 Å². The van der Waals surface area contributed by atoms with Crippen LogP contribution in [0.5, 0.6) is 5.75 Å². The second-order valence-electron chi connectivity index (χ2n) is 9.14. The van der Waals surface area contributed by atoms with Crippen molar-refractivity contribution in [2.75, 3.05) is 15.5 Å². The van der Waals surface area contributed by atoms with Gasteiger partial charge in [-0.2, -0.15) is 0 Å². The van der Waals surface area contributed by atoms with Crippen LogP contribution in [-0.4, -0.2) is 24.1 Å². The highest BCUT2D eigenvalue weighted by atomic mass is 16.6. The molecule has 0 fully saturated rings. The summed E-state index contributed by atoms with van der Waals surface area (Å²) in [4.78, 5) is 40.5. The first-order valence-electron chi connectivity index (χ1n) is 12.7. The van der Waals surface area contributed by atoms with Crippen molar-refractivity contribution in [3.63, 3.8) is 0 Å². The van der Waals surface area contributed by atoms with E-state index in [2.05, 4.69) is 16.0 Å². The van der Waals surface area contributed by atoms with Crippen LogP contribution in [0.1, 0.15) is 17.5 Å². The van der Waals surface area contributed by atoms with Crippen molar-refractivity contribution in [3.8, 4) is 5.75 Å². The van der Waals surface area contributed by atoms with Gasteiger partial charge in [0.1, 0.15) is 11.8 Å². The molecule has 8 heteroatoms. The van der Waals surface area contributed by atoms with E-state index in [1.165, 1.54) is 0 Å². The molecule has 1 aliphatic heterocycles. The molecular formula is C31H28N4O4. The van der Waals surface area contributed by atoms with Gasteiger partial charge in [-0.1, -0.05) is 66.7 Å². The van der Waals surface area contributed by atoms with Gasteiger partial charge in [0.25, 0.3) is 0 Å². The van der Waals surface area contributed by atoms with Crippen LogP contribution in [0.15, 0.2) is 109 Å². The van der Waals surface area contributed by atoms with Crippen molar-refractivity contribution >= 4 is 35.1 Å². The molecule has 0 radical (unpaired) electrons. The maximum atomic E-state index is 13.8. The summed E-state index contributed by atoms with van der Waals surface area (Å²) >= 11 is 0. The number of rotatable bonds is 6. The largest absolute Gasteiger partial charge is 0.417 e. The molecule has 0 saturated heterocycles. The zero-order chi connectivity index (χ0) is 27.0. The Morgan fingerprint density at radius 2 is 1.49 bits per heavy atom. The maximum Gasteiger partial charge on any atom is 0.417 e. The molecule has 4 aromatic carbocycles. The first-order valence-corrected chi connectivity index (χ1v) is 12.7. The second-order valence-corrected chi connectivity index (χ2v) is 9.14. The van der Waals surface area contributed by atoms with Crippen LogP contribution >= 0.6 is 0 Å². The molecule has 1 aliphatic rings. The minimum absolute atomic E-state index is 0.204. The van der Waals surface area contributed by atoms with Crippen LogP contribution in [0.2, 0.25) is 0 Å². The van der Waals surface area contributed by atoms with E-state index in [1.807, 2.05) is 60.7 Å². The number of ether oxygens (including phenoxy) is 1. The molecule has 0 bridgehead atoms. The van der Waals surface area contributed by atoms with Gasteiger partial charge in [-0.25, -0.2) is 9.59 Å². The molecular weight excluding hydrogens is 492 g/mol. The number of nitrogens with one attached hydrogen (secondary N) is 3. The lowest BCUT2D eigenvalue weighted by Crippen LogP contribution is -2.49. The monoisotopic (exact) mass is 520 g/mol. The molecule has 1 heterocycles. The quantitative estimate of drug-likeness (QED) is 0.292. The molecule has 1 unspecified atom stereocenters. The second kappa shape index (κ2) is 12.0. The fraction of sp³-hybridized carbons (Fsp3) is 0.129. The van der Waals surface area contributed by atoms with Crippen LogP contribution in [0.4, 0.5) is 26.7 Å². The average molecular weight is 521 g/mol. The van der Waals surface area contributed by atoms with Crippen molar-refractivity contribution in [1.82, 2.24) is 5.32 Å². The molecule has 0 aliphatic carbocycles. The van der Waals surface area contributed by atoms with E-state index >= 15 is 0 Å². The summed E-state index contributed by atoms with van der Waals surface area (Å²) in [6, 6.07) is 31.8. The minimum Gasteiger partial charge on any atom is -0.410 e. The molecule has 4 amide bonds. The SMILES string of the molecule is O=C(Nc1ccccc1)NC1CCc2ccccc2N(Cc2cccc(NC(=O)Oc3ccccc3)c2)C1=O. The molecule has 0 spiro atoms. The van der Waals surface area contributed by atoms with Gasteiger partial charge in [0.05, 0.1) is 6.54 Å². The lowest BCUT2D eigenvalue weighted by Gasteiger charge is -2.26. The summed E-state index contributed by atoms with van der Waals surface area (Å²) in [5.74, 6) is 0.234. The predicted octanol–water partition coefficient (Wildman–Crippen LogP) is 5.97. The van der Waals surface area contributed by atoms with Gasteiger partial charge in [0, 0.05) is 17.1 Å². The molecule has 5 rings (SSSR count). The van der Waals surface area contributed by atoms with Crippen molar-refractivity contribution in [1.29, 1.82) is 0 Å². The number of carbonyl (C=O) groups is 3. The Morgan fingerprint density at radius 1 is 0.795 bits per heavy atom. The van der Waals surface area contributed by atoms with E-state index in [-0.39, 0.29) is 12.5 Å². The van der Waals surface area contributed by atoms with Gasteiger partial charge in [0.2, 0.25) is 5.91 Å². The number of fused-ring (bicyclic) bond motifs is 1. The Morgan fingerprint density at radius 3 is 2.28 bits per heavy atom. The number of aryl methyl sites for hydroxylation is 1. The summed E-state index contributed by atoms with van der Waals surface area (Å²) < 4.78 is 5.32. The Bertz CT molecular complexity index is 1460. The summed E-state index contributed by atoms with van der Waals surface area (Å²) in [5, 5.41) is 8.38. The molecule has 0 saturated carbocycles. The topological polar surface area (TPSA) is 99.8 Å². The Labute approximate surface area is 226 Å². The highest BCUT2D eigenvalue weighted by Gasteiger charge is 2.31. The number of urea groups is 1. The van der Waals surface area contributed by atoms with Gasteiger partial charge in [-0.3, -0.25) is 10.1 Å². The number of hydrogen-bond donors (Lipinski definition) is 3. The Kier molecular flexibility index (Phi) is 7.83. The molecule has 8 nitrogen and oxygen atoms in total. The van der Waals surface area contributed by atoms with Crippen molar-refractivity contribution in [2.45, 2.75) is 25.4 Å². The van der Waals surface area contributed by atoms with Gasteiger partial charge in [-0.05, 0) is 66.4 Å². The van der Waals surface area contributed by atoms with Gasteiger partial charge in [0.15, 0.2) is 0 Å². The highest BCUT2D eigenvalue weighted by molar-refractivity contribution is 6.01. The summed E-state index contributed by atoms with van der Waals surface area (Å²) in [6.07, 6.45) is 0.506. The predicted molar refractivity (Wildman–Crippen MR) is 151 cm³/mol. The third kappa shape index (κ3) is 6.61. The fourth-order valence-corrected chi connectivity index (χ4v) is 4.53.